The van der Waals surface area contributed by atoms with E-state index in [-0.39, 0.29) is 17.1 Å². The zero-order valence-corrected chi connectivity index (χ0v) is 14.0. The lowest BCUT2D eigenvalue weighted by Crippen LogP contribution is -2.64. The zero-order chi connectivity index (χ0) is 15.8. The number of benzene rings is 1. The van der Waals surface area contributed by atoms with Gasteiger partial charge in [-0.15, -0.1) is 5.47 Å². The molecule has 2 unspecified atom stereocenters. The van der Waals surface area contributed by atoms with Crippen LogP contribution < -0.4 is 11.2 Å². The van der Waals surface area contributed by atoms with Gasteiger partial charge in [0, 0.05) is 0 Å². The molecule has 0 bridgehead atoms. The molecule has 1 aliphatic heterocycles. The molecule has 21 heavy (non-hydrogen) atoms. The summed E-state index contributed by atoms with van der Waals surface area (Å²) in [4.78, 5) is 13.1. The maximum Gasteiger partial charge on any atom is 0.283 e. The number of hydrogen-bond acceptors (Lipinski definition) is 2. The van der Waals surface area contributed by atoms with Crippen molar-refractivity contribution in [3.05, 3.63) is 40.8 Å². The number of fused-ring (bicyclic) bond motifs is 3. The molecule has 3 rings (SSSR count). The first-order chi connectivity index (χ1) is 9.61. The first-order valence-electron chi connectivity index (χ1n) is 7.37. The molecular formula is C12H16B6ClNO. The van der Waals surface area contributed by atoms with Crippen LogP contribution in [0.2, 0.25) is 10.4 Å². The Bertz CT molecular complexity index is 707. The number of nitrogens with two attached hydrogens (primary N) is 1. The number of carbonyl (C=O) groups excluding carboxylic acids is 1. The van der Waals surface area contributed by atoms with Gasteiger partial charge in [-0.3, -0.25) is 4.79 Å². The van der Waals surface area contributed by atoms with E-state index in [0.29, 0.717) is 0 Å². The Morgan fingerprint density at radius 2 is 1.71 bits per heavy atom. The van der Waals surface area contributed by atoms with Gasteiger partial charge in [-0.05, 0) is 10.8 Å². The van der Waals surface area contributed by atoms with Crippen molar-refractivity contribution in [2.24, 2.45) is 5.73 Å². The molecule has 1 heterocycles. The van der Waals surface area contributed by atoms with Crippen LogP contribution in [0.15, 0.2) is 35.2 Å². The van der Waals surface area contributed by atoms with Gasteiger partial charge in [0.05, 0.1) is 5.54 Å². The number of hydrogen-bond donors (Lipinski definition) is 1. The number of halogens is 1. The summed E-state index contributed by atoms with van der Waals surface area (Å²) >= 11 is 6.86. The third kappa shape index (κ3) is 1.39. The monoisotopic (exact) mass is 291 g/mol. The predicted molar refractivity (Wildman–Crippen MR) is 104 cm³/mol. The first kappa shape index (κ1) is 15.2. The molecule has 1 aliphatic carbocycles. The number of ketones is 1. The topological polar surface area (TPSA) is 43.1 Å². The van der Waals surface area contributed by atoms with Gasteiger partial charge in [-0.25, -0.2) is 0 Å². The number of Topliss-reactive ketones (excluding diaryl/α,β-unsaturated/α-hetero) is 1. The molecule has 0 spiro atoms. The van der Waals surface area contributed by atoms with Crippen molar-refractivity contribution in [3.8, 4) is 0 Å². The van der Waals surface area contributed by atoms with E-state index in [1.54, 1.807) is 0 Å². The fourth-order valence-corrected chi connectivity index (χ4v) is 5.00. The fraction of sp³-hybridized carbons (Fsp3) is 0.250. The van der Waals surface area contributed by atoms with E-state index in [1.165, 1.54) is 0 Å². The first-order valence-corrected chi connectivity index (χ1v) is 7.80. The summed E-state index contributed by atoms with van der Waals surface area (Å²) in [5.41, 5.74) is 9.50. The van der Waals surface area contributed by atoms with E-state index < -0.39 is 10.8 Å². The Labute approximate surface area is 135 Å². The quantitative estimate of drug-likeness (QED) is 0.496. The summed E-state index contributed by atoms with van der Waals surface area (Å²) < 4.78 is 0. The highest BCUT2D eigenvalue weighted by Crippen LogP contribution is 2.66. The van der Waals surface area contributed by atoms with Crippen LogP contribution in [0.25, 0.3) is 0 Å². The highest BCUT2D eigenvalue weighted by Gasteiger charge is 2.70. The molecule has 0 radical (unpaired) electrons. The number of rotatable bonds is 0. The van der Waals surface area contributed by atoms with Crippen molar-refractivity contribution in [1.82, 2.24) is 0 Å². The maximum absolute atomic E-state index is 13.1. The van der Waals surface area contributed by atoms with Gasteiger partial charge in [0.1, 0.15) is 39.2 Å². The van der Waals surface area contributed by atoms with E-state index in [9.17, 15) is 4.79 Å². The van der Waals surface area contributed by atoms with Crippen LogP contribution in [0.3, 0.4) is 0 Å². The molecule has 0 saturated carbocycles. The third-order valence-electron chi connectivity index (χ3n) is 6.48. The summed E-state index contributed by atoms with van der Waals surface area (Å²) in [6, 6.07) is 7.85. The fourth-order valence-electron chi connectivity index (χ4n) is 4.36. The average molecular weight is 291 g/mol. The van der Waals surface area contributed by atoms with Crippen LogP contribution in [-0.2, 0) is 10.3 Å². The van der Waals surface area contributed by atoms with E-state index in [4.69, 9.17) is 17.2 Å². The molecule has 0 fully saturated rings. The Morgan fingerprint density at radius 3 is 2.33 bits per heavy atom. The lowest BCUT2D eigenvalue weighted by molar-refractivity contribution is -0.121. The van der Waals surface area contributed by atoms with Crippen molar-refractivity contribution in [1.29, 1.82) is 0 Å². The molecule has 0 saturated heterocycles. The predicted octanol–water partition coefficient (Wildman–Crippen LogP) is -3.93. The second kappa shape index (κ2) is 4.17. The molecule has 1 aromatic carbocycles. The molecule has 1 aromatic rings. The lowest BCUT2D eigenvalue weighted by atomic mass is 9.16. The zero-order valence-electron chi connectivity index (χ0n) is 13.3. The summed E-state index contributed by atoms with van der Waals surface area (Å²) in [7, 11) is 10.3. The number of allylic oxidation sites excluding steroid dienone is 1. The minimum absolute atomic E-state index is 0.0115. The van der Waals surface area contributed by atoms with Crippen molar-refractivity contribution >= 4 is 68.1 Å². The molecule has 2 nitrogen and oxygen atoms in total. The highest BCUT2D eigenvalue weighted by atomic mass is 35.5. The van der Waals surface area contributed by atoms with Gasteiger partial charge in [0.2, 0.25) is 0 Å². The average Bonchev–Trinajstić information content (AvgIpc) is 2.65. The maximum atomic E-state index is 13.1. The summed E-state index contributed by atoms with van der Waals surface area (Å²) in [5, 5.41) is -0.808. The van der Waals surface area contributed by atoms with Gasteiger partial charge in [-0.1, -0.05) is 40.4 Å². The third-order valence-corrected chi connectivity index (χ3v) is 7.15. The van der Waals surface area contributed by atoms with Crippen LogP contribution in [0.1, 0.15) is 5.56 Å². The lowest BCUT2D eigenvalue weighted by Gasteiger charge is -2.57. The normalized spacial score (nSPS) is 33.8. The SMILES string of the molecule is BC1=C(B)C(B)(B)C2(B)B(Cl)c3ccccc3C2(N)C1=O. The van der Waals surface area contributed by atoms with E-state index in [2.05, 4.69) is 23.5 Å². The van der Waals surface area contributed by atoms with Gasteiger partial charge in [0.15, 0.2) is 5.78 Å². The Balaban J connectivity index is 2.45. The van der Waals surface area contributed by atoms with Crippen LogP contribution >= 0.6 is 11.5 Å². The Morgan fingerprint density at radius 1 is 1.14 bits per heavy atom. The summed E-state index contributed by atoms with van der Waals surface area (Å²) in [5.74, 6) is 0.0115. The molecule has 2 N–H and O–H groups in total. The second-order valence-corrected chi connectivity index (χ2v) is 7.60. The molecule has 2 atom stereocenters. The molecule has 0 aromatic heterocycles. The van der Waals surface area contributed by atoms with Gasteiger partial charge in [0.25, 0.3) is 6.13 Å². The molecular weight excluding hydrogens is 274 g/mol. The minimum Gasteiger partial charge on any atom is -0.316 e. The van der Waals surface area contributed by atoms with Crippen molar-refractivity contribution in [3.63, 3.8) is 0 Å². The smallest absolute Gasteiger partial charge is 0.283 e. The Kier molecular flexibility index (Phi) is 3.01. The summed E-state index contributed by atoms with van der Waals surface area (Å²) in [6.45, 7) is 0. The second-order valence-electron chi connectivity index (χ2n) is 7.16. The van der Waals surface area contributed by atoms with Gasteiger partial charge in [-0.2, -0.15) is 11.5 Å². The molecule has 100 valence electrons. The molecule has 0 amide bonds. The standard InChI is InChI=1S/C12H16B6ClNO/c13-7-8(14)11(15,16)12(17)10(20,9(7)21)5-3-1-2-4-6(5)18(12)19/h1-4H,13-17,20H2. The largest absolute Gasteiger partial charge is 0.316 e. The van der Waals surface area contributed by atoms with E-state index in [1.807, 2.05) is 40.0 Å². The van der Waals surface area contributed by atoms with Gasteiger partial charge < -0.3 is 5.73 Å². The van der Waals surface area contributed by atoms with Crippen LogP contribution in [-0.4, -0.2) is 51.1 Å². The minimum atomic E-state index is -1.05. The number of carbonyl (C=O) groups is 1. The van der Waals surface area contributed by atoms with Crippen LogP contribution in [0, 0.1) is 0 Å². The molecule has 2 aliphatic rings. The summed E-state index contributed by atoms with van der Waals surface area (Å²) in [6.07, 6.45) is -0.277. The molecule has 9 heteroatoms. The van der Waals surface area contributed by atoms with Crippen molar-refractivity contribution < 1.29 is 4.79 Å². The van der Waals surface area contributed by atoms with Crippen molar-refractivity contribution in [2.75, 3.05) is 0 Å². The highest BCUT2D eigenvalue weighted by molar-refractivity contribution is 7.20. The van der Waals surface area contributed by atoms with Crippen LogP contribution in [0.4, 0.5) is 0 Å². The van der Waals surface area contributed by atoms with E-state index in [0.717, 1.165) is 22.0 Å². The van der Waals surface area contributed by atoms with E-state index >= 15 is 0 Å². The van der Waals surface area contributed by atoms with Crippen molar-refractivity contribution in [2.45, 2.75) is 16.0 Å². The van der Waals surface area contributed by atoms with Gasteiger partial charge >= 0.3 is 0 Å². The van der Waals surface area contributed by atoms with Crippen LogP contribution in [0.5, 0.6) is 0 Å². The Hall–Kier alpha value is -0.730.